The average Bonchev–Trinajstić information content (AvgIpc) is 1.37. The molecule has 0 aliphatic heterocycles. The minimum atomic E-state index is 0.0556. The summed E-state index contributed by atoms with van der Waals surface area (Å²) in [6.45, 7) is 0. The molecule has 0 aromatic carbocycles. The second-order valence-electron chi connectivity index (χ2n) is 0.221. The largest absolute Gasteiger partial charge is 0.459 e. The molecule has 4 heavy (non-hydrogen) atoms. The maximum Gasteiger partial charge on any atom is 0.459 e. The van der Waals surface area contributed by atoms with Crippen molar-refractivity contribution in [1.29, 1.82) is 0 Å². The Labute approximate surface area is 23.2 Å². The predicted octanol–water partition coefficient (Wildman–Crippen LogP) is -0.864. The zero-order chi connectivity index (χ0) is 3.41. The van der Waals surface area contributed by atoms with E-state index in [1.165, 1.54) is 0 Å². The summed E-state index contributed by atoms with van der Waals surface area (Å²) in [6.07, 6.45) is 0.0556. The van der Waals surface area contributed by atoms with Crippen LogP contribution >= 0.6 is 0 Å². The Kier molecular flexibility index (Phi) is 2.32. The molecule has 0 aromatic rings. The fourth-order valence-electron chi connectivity index (χ4n) is 0. The summed E-state index contributed by atoms with van der Waals surface area (Å²) >= 11 is 0. The van der Waals surface area contributed by atoms with Crippen LogP contribution in [0.2, 0.25) is 0 Å². The molecule has 0 unspecified atom stereocenters. The highest BCUT2D eigenvalue weighted by atomic mass is 16.5. The maximum atomic E-state index is 8.76. The van der Waals surface area contributed by atoms with E-state index < -0.39 is 0 Å². The summed E-state index contributed by atoms with van der Waals surface area (Å²) in [5.74, 6) is 0. The van der Waals surface area contributed by atoms with E-state index in [4.69, 9.17) is 10.0 Å². The zero-order valence-electron chi connectivity index (χ0n) is 1.88. The SMILES string of the molecule is O=C[N+]O. The van der Waals surface area contributed by atoms with Gasteiger partial charge in [-0.3, -0.25) is 0 Å². The molecule has 0 rings (SSSR count). The number of amides is 1. The van der Waals surface area contributed by atoms with Crippen LogP contribution in [0.3, 0.4) is 0 Å². The van der Waals surface area contributed by atoms with E-state index >= 15 is 0 Å². The Morgan fingerprint density at radius 1 is 2.00 bits per heavy atom. The van der Waals surface area contributed by atoms with E-state index in [1.54, 1.807) is 0 Å². The maximum absolute atomic E-state index is 8.76. The van der Waals surface area contributed by atoms with Crippen molar-refractivity contribution in [2.75, 3.05) is 0 Å². The summed E-state index contributed by atoms with van der Waals surface area (Å²) in [7, 11) is 0. The van der Waals surface area contributed by atoms with Crippen LogP contribution in [-0.2, 0) is 4.79 Å². The quantitative estimate of drug-likeness (QED) is 0.243. The molecule has 3 nitrogen and oxygen atoms in total. The molecular formula is CH2NO2+. The normalized spacial score (nSPS) is 6.25. The number of hydrogen-bond donors (Lipinski definition) is 1. The topological polar surface area (TPSA) is 51.4 Å². The first kappa shape index (κ1) is 3.59. The van der Waals surface area contributed by atoms with Gasteiger partial charge in [0.15, 0.2) is 0 Å². The molecule has 1 N–H and O–H groups in total. The number of hydrogen-bond acceptors (Lipinski definition) is 2. The van der Waals surface area contributed by atoms with Crippen LogP contribution < -0.4 is 5.48 Å². The van der Waals surface area contributed by atoms with Gasteiger partial charge in [-0.15, -0.1) is 0 Å². The van der Waals surface area contributed by atoms with E-state index in [0.717, 1.165) is 0 Å². The number of rotatable bonds is 1. The van der Waals surface area contributed by atoms with Gasteiger partial charge in [0.1, 0.15) is 0 Å². The summed E-state index contributed by atoms with van der Waals surface area (Å²) in [5.41, 5.74) is 2.06. The Balaban J connectivity index is 2.30. The van der Waals surface area contributed by atoms with Gasteiger partial charge >= 0.3 is 11.9 Å². The molecule has 3 heteroatoms. The lowest BCUT2D eigenvalue weighted by Gasteiger charge is -1.28. The Hall–Kier alpha value is -0.410. The van der Waals surface area contributed by atoms with E-state index in [-0.39, 0.29) is 6.41 Å². The highest BCUT2D eigenvalue weighted by Crippen LogP contribution is 1.16. The molecule has 2 radical (unpaired) electrons. The highest BCUT2D eigenvalue weighted by Gasteiger charge is 1.80. The predicted molar refractivity (Wildman–Crippen MR) is 9.98 cm³/mol. The van der Waals surface area contributed by atoms with Crippen molar-refractivity contribution >= 4 is 6.41 Å². The summed E-state index contributed by atoms with van der Waals surface area (Å²) in [5, 5.41) is 7.13. The van der Waals surface area contributed by atoms with Crippen molar-refractivity contribution in [2.24, 2.45) is 0 Å². The van der Waals surface area contributed by atoms with Crippen LogP contribution in [0.4, 0.5) is 0 Å². The van der Waals surface area contributed by atoms with Gasteiger partial charge in [-0.25, -0.2) is 4.79 Å². The second kappa shape index (κ2) is 2.59. The summed E-state index contributed by atoms with van der Waals surface area (Å²) in [4.78, 5) is 8.76. The fraction of sp³-hybridized carbons (Fsp3) is 0. The standard InChI is InChI=1S/CH2NO2/c3-1-2-4/h1,4H/q+1. The molecule has 0 spiro atoms. The second-order valence-corrected chi connectivity index (χ2v) is 0.221. The number of carbonyl (C=O) groups is 1. The van der Waals surface area contributed by atoms with Crippen molar-refractivity contribution in [3.8, 4) is 0 Å². The van der Waals surface area contributed by atoms with Crippen LogP contribution in [0.1, 0.15) is 0 Å². The molecule has 0 heterocycles. The first-order valence-corrected chi connectivity index (χ1v) is 0.694. The van der Waals surface area contributed by atoms with Gasteiger partial charge < -0.3 is 0 Å². The van der Waals surface area contributed by atoms with Crippen molar-refractivity contribution in [3.05, 3.63) is 0 Å². The lowest BCUT2D eigenvalue weighted by molar-refractivity contribution is -0.117. The molecule has 0 saturated heterocycles. The highest BCUT2D eigenvalue weighted by molar-refractivity contribution is 5.42. The lowest BCUT2D eigenvalue weighted by Crippen LogP contribution is -1.88. The third-order valence-electron chi connectivity index (χ3n) is 0.0471. The minimum absolute atomic E-state index is 0.0556. The van der Waals surface area contributed by atoms with Crippen LogP contribution in [0.15, 0.2) is 0 Å². The van der Waals surface area contributed by atoms with Gasteiger partial charge in [-0.2, -0.15) is 0 Å². The monoisotopic (exact) mass is 60.0 g/mol. The third-order valence-corrected chi connectivity index (χ3v) is 0.0471. The lowest BCUT2D eigenvalue weighted by atomic mass is 11.5. The van der Waals surface area contributed by atoms with Gasteiger partial charge in [-0.05, 0) is 0 Å². The zero-order valence-corrected chi connectivity index (χ0v) is 1.88. The van der Waals surface area contributed by atoms with Gasteiger partial charge in [0.2, 0.25) is 0 Å². The number of hydroxylamine groups is 1. The fourth-order valence-corrected chi connectivity index (χ4v) is 0. The smallest absolute Gasteiger partial charge is 0.216 e. The molecule has 0 fully saturated rings. The van der Waals surface area contributed by atoms with Crippen LogP contribution in [0.25, 0.3) is 0 Å². The van der Waals surface area contributed by atoms with Crippen molar-refractivity contribution in [1.82, 2.24) is 5.48 Å². The number of nitrogens with zero attached hydrogens (tertiary/aromatic N) is 1. The van der Waals surface area contributed by atoms with Gasteiger partial charge in [0.05, 0.1) is 0 Å². The number of carbonyl (C=O) groups excluding carboxylic acids is 1. The Bertz CT molecular complexity index is 20.0. The van der Waals surface area contributed by atoms with Crippen molar-refractivity contribution in [2.45, 2.75) is 0 Å². The Morgan fingerprint density at radius 2 is 2.25 bits per heavy atom. The summed E-state index contributed by atoms with van der Waals surface area (Å²) in [6, 6.07) is 0. The van der Waals surface area contributed by atoms with E-state index in [0.29, 0.717) is 0 Å². The van der Waals surface area contributed by atoms with Crippen molar-refractivity contribution < 1.29 is 10.0 Å². The summed E-state index contributed by atoms with van der Waals surface area (Å²) < 4.78 is 0. The molecule has 0 aliphatic rings. The van der Waals surface area contributed by atoms with Crippen LogP contribution in [0.5, 0.6) is 0 Å². The van der Waals surface area contributed by atoms with Crippen molar-refractivity contribution in [3.63, 3.8) is 0 Å². The average molecular weight is 60.0 g/mol. The molecular weight excluding hydrogens is 58.0 g/mol. The molecule has 0 bridgehead atoms. The minimum Gasteiger partial charge on any atom is -0.216 e. The first-order chi connectivity index (χ1) is 1.91. The Morgan fingerprint density at radius 3 is 2.25 bits per heavy atom. The molecule has 1 amide bonds. The van der Waals surface area contributed by atoms with E-state index in [2.05, 4.69) is 5.48 Å². The molecule has 0 saturated carbocycles. The molecule has 0 aromatic heterocycles. The van der Waals surface area contributed by atoms with E-state index in [1.807, 2.05) is 0 Å². The molecule has 0 atom stereocenters. The first-order valence-electron chi connectivity index (χ1n) is 0.694. The van der Waals surface area contributed by atoms with E-state index in [9.17, 15) is 0 Å². The van der Waals surface area contributed by atoms with Gasteiger partial charge in [-0.1, -0.05) is 5.21 Å². The van der Waals surface area contributed by atoms with Crippen LogP contribution in [-0.4, -0.2) is 11.6 Å². The third kappa shape index (κ3) is 1.59. The van der Waals surface area contributed by atoms with Crippen LogP contribution in [0, 0.1) is 0 Å². The van der Waals surface area contributed by atoms with Gasteiger partial charge in [0, 0.05) is 0 Å². The molecule has 22 valence electrons. The molecule has 0 aliphatic carbocycles. The van der Waals surface area contributed by atoms with Gasteiger partial charge in [0.25, 0.3) is 0 Å².